The molecule has 0 radical (unpaired) electrons. The van der Waals surface area contributed by atoms with E-state index in [1.54, 1.807) is 35.8 Å². The van der Waals surface area contributed by atoms with Crippen molar-refractivity contribution in [1.82, 2.24) is 25.3 Å². The largest absolute Gasteiger partial charge is 0.359 e. The van der Waals surface area contributed by atoms with Crippen molar-refractivity contribution in [2.75, 3.05) is 6.54 Å². The highest BCUT2D eigenvalue weighted by molar-refractivity contribution is 5.89. The summed E-state index contributed by atoms with van der Waals surface area (Å²) in [6, 6.07) is 9.22. The summed E-state index contributed by atoms with van der Waals surface area (Å²) in [5, 5.41) is 6.83. The normalized spacial score (nSPS) is 16.4. The van der Waals surface area contributed by atoms with Gasteiger partial charge in [-0.2, -0.15) is 0 Å². The lowest BCUT2D eigenvalue weighted by Gasteiger charge is -2.16. The second kappa shape index (κ2) is 7.99. The number of aromatic nitrogens is 3. The van der Waals surface area contributed by atoms with Crippen LogP contribution in [0.5, 0.6) is 0 Å². The number of pyridine rings is 2. The van der Waals surface area contributed by atoms with E-state index in [1.165, 1.54) is 0 Å². The van der Waals surface area contributed by atoms with E-state index >= 15 is 0 Å². The zero-order valence-corrected chi connectivity index (χ0v) is 15.1. The maximum Gasteiger partial charge on any atom is 0.225 e. The number of nitrogens with one attached hydrogen (secondary N) is 1. The summed E-state index contributed by atoms with van der Waals surface area (Å²) >= 11 is 0. The van der Waals surface area contributed by atoms with Gasteiger partial charge >= 0.3 is 0 Å². The molecule has 0 aromatic carbocycles. The molecule has 0 saturated carbocycles. The van der Waals surface area contributed by atoms with Crippen LogP contribution in [0, 0.1) is 5.92 Å². The second-order valence-electron chi connectivity index (χ2n) is 6.67. The van der Waals surface area contributed by atoms with Crippen molar-refractivity contribution >= 4 is 11.8 Å². The van der Waals surface area contributed by atoms with Crippen molar-refractivity contribution in [2.45, 2.75) is 19.5 Å². The molecule has 4 rings (SSSR count). The molecule has 3 aromatic heterocycles. The third-order valence-corrected chi connectivity index (χ3v) is 4.63. The minimum Gasteiger partial charge on any atom is -0.359 e. The lowest BCUT2D eigenvalue weighted by molar-refractivity contribution is -0.129. The molecule has 0 aliphatic carbocycles. The van der Waals surface area contributed by atoms with E-state index in [4.69, 9.17) is 4.52 Å². The van der Waals surface area contributed by atoms with Crippen LogP contribution < -0.4 is 5.32 Å². The fraction of sp³-hybridized carbons (Fsp3) is 0.250. The first-order valence-electron chi connectivity index (χ1n) is 8.99. The molecule has 2 amide bonds. The van der Waals surface area contributed by atoms with Crippen molar-refractivity contribution in [3.05, 3.63) is 66.4 Å². The molecule has 1 N–H and O–H groups in total. The number of hydrogen-bond acceptors (Lipinski definition) is 6. The van der Waals surface area contributed by atoms with Crippen LogP contribution in [0.15, 0.2) is 59.6 Å². The maximum absolute atomic E-state index is 12.5. The van der Waals surface area contributed by atoms with Gasteiger partial charge in [0, 0.05) is 55.9 Å². The number of amides is 2. The molecule has 1 saturated heterocycles. The molecule has 8 heteroatoms. The third-order valence-electron chi connectivity index (χ3n) is 4.63. The van der Waals surface area contributed by atoms with Gasteiger partial charge < -0.3 is 14.7 Å². The number of hydrogen-bond donors (Lipinski definition) is 1. The minimum atomic E-state index is -0.370. The van der Waals surface area contributed by atoms with Crippen molar-refractivity contribution < 1.29 is 14.1 Å². The Morgan fingerprint density at radius 3 is 2.79 bits per heavy atom. The van der Waals surface area contributed by atoms with Crippen LogP contribution in [-0.4, -0.2) is 38.4 Å². The Hall–Kier alpha value is -3.55. The predicted octanol–water partition coefficient (Wildman–Crippen LogP) is 1.80. The quantitative estimate of drug-likeness (QED) is 0.703. The Morgan fingerprint density at radius 2 is 2.04 bits per heavy atom. The summed E-state index contributed by atoms with van der Waals surface area (Å²) < 4.78 is 5.28. The van der Waals surface area contributed by atoms with Crippen LogP contribution in [0.2, 0.25) is 0 Å². The molecule has 0 bridgehead atoms. The first kappa shape index (κ1) is 17.8. The highest BCUT2D eigenvalue weighted by Crippen LogP contribution is 2.21. The van der Waals surface area contributed by atoms with E-state index in [1.807, 2.05) is 24.3 Å². The summed E-state index contributed by atoms with van der Waals surface area (Å²) in [5.74, 6) is -0.0162. The van der Waals surface area contributed by atoms with Crippen LogP contribution in [-0.2, 0) is 22.7 Å². The molecule has 0 unspecified atom stereocenters. The first-order chi connectivity index (χ1) is 13.7. The highest BCUT2D eigenvalue weighted by Gasteiger charge is 2.34. The van der Waals surface area contributed by atoms with E-state index in [2.05, 4.69) is 20.4 Å². The number of rotatable bonds is 6. The van der Waals surface area contributed by atoms with Gasteiger partial charge in [-0.25, -0.2) is 0 Å². The third kappa shape index (κ3) is 4.06. The fourth-order valence-corrected chi connectivity index (χ4v) is 3.18. The Morgan fingerprint density at radius 1 is 1.21 bits per heavy atom. The van der Waals surface area contributed by atoms with Gasteiger partial charge in [-0.3, -0.25) is 19.6 Å². The monoisotopic (exact) mass is 377 g/mol. The first-order valence-corrected chi connectivity index (χ1v) is 8.99. The van der Waals surface area contributed by atoms with E-state index in [0.717, 1.165) is 11.1 Å². The predicted molar refractivity (Wildman–Crippen MR) is 99.3 cm³/mol. The Bertz CT molecular complexity index is 958. The minimum absolute atomic E-state index is 0.0254. The highest BCUT2D eigenvalue weighted by atomic mass is 16.5. The molecule has 8 nitrogen and oxygen atoms in total. The van der Waals surface area contributed by atoms with Crippen molar-refractivity contribution in [2.24, 2.45) is 5.92 Å². The van der Waals surface area contributed by atoms with Gasteiger partial charge in [0.1, 0.15) is 5.69 Å². The summed E-state index contributed by atoms with van der Waals surface area (Å²) in [6.07, 6.45) is 7.01. The van der Waals surface area contributed by atoms with E-state index in [9.17, 15) is 9.59 Å². The average Bonchev–Trinajstić information content (AvgIpc) is 3.35. The van der Waals surface area contributed by atoms with E-state index in [-0.39, 0.29) is 30.7 Å². The van der Waals surface area contributed by atoms with Gasteiger partial charge in [0.15, 0.2) is 5.76 Å². The van der Waals surface area contributed by atoms with Gasteiger partial charge in [0.25, 0.3) is 0 Å². The van der Waals surface area contributed by atoms with Crippen LogP contribution >= 0.6 is 0 Å². The van der Waals surface area contributed by atoms with Crippen molar-refractivity contribution in [3.63, 3.8) is 0 Å². The maximum atomic E-state index is 12.5. The van der Waals surface area contributed by atoms with Crippen LogP contribution in [0.1, 0.15) is 17.7 Å². The van der Waals surface area contributed by atoms with Gasteiger partial charge in [0.05, 0.1) is 12.5 Å². The Kier molecular flexibility index (Phi) is 5.09. The average molecular weight is 377 g/mol. The van der Waals surface area contributed by atoms with Crippen LogP contribution in [0.3, 0.4) is 0 Å². The number of carbonyl (C=O) groups is 2. The lowest BCUT2D eigenvalue weighted by atomic mass is 10.1. The van der Waals surface area contributed by atoms with Crippen LogP contribution in [0.4, 0.5) is 0 Å². The van der Waals surface area contributed by atoms with Gasteiger partial charge in [-0.15, -0.1) is 0 Å². The van der Waals surface area contributed by atoms with Gasteiger partial charge in [0.2, 0.25) is 11.8 Å². The smallest absolute Gasteiger partial charge is 0.225 e. The van der Waals surface area contributed by atoms with Gasteiger partial charge in [-0.05, 0) is 23.8 Å². The topological polar surface area (TPSA) is 101 Å². The second-order valence-corrected chi connectivity index (χ2v) is 6.67. The lowest BCUT2D eigenvalue weighted by Crippen LogP contribution is -2.32. The molecule has 1 fully saturated rings. The molecule has 1 atom stereocenters. The molecular formula is C20H19N5O3. The van der Waals surface area contributed by atoms with E-state index in [0.29, 0.717) is 24.5 Å². The summed E-state index contributed by atoms with van der Waals surface area (Å²) in [6.45, 7) is 1.09. The molecule has 4 heterocycles. The zero-order chi connectivity index (χ0) is 19.3. The van der Waals surface area contributed by atoms with Gasteiger partial charge in [-0.1, -0.05) is 11.2 Å². The van der Waals surface area contributed by atoms with Crippen molar-refractivity contribution in [3.8, 4) is 11.3 Å². The molecule has 28 heavy (non-hydrogen) atoms. The summed E-state index contributed by atoms with van der Waals surface area (Å²) in [5.41, 5.74) is 2.45. The Labute approximate surface area is 161 Å². The molecule has 1 aliphatic rings. The fourth-order valence-electron chi connectivity index (χ4n) is 3.18. The molecule has 1 aliphatic heterocycles. The van der Waals surface area contributed by atoms with Crippen LogP contribution in [0.25, 0.3) is 11.3 Å². The number of carbonyl (C=O) groups excluding carboxylic acids is 2. The number of nitrogens with zero attached hydrogens (tertiary/aromatic N) is 4. The SMILES string of the molecule is O=C(NCc1cc(-c2cccnc2)no1)[C@H]1CC(=O)N(Cc2cccnc2)C1. The summed E-state index contributed by atoms with van der Waals surface area (Å²) in [4.78, 5) is 34.5. The molecule has 3 aromatic rings. The standard InChI is InChI=1S/C20H19N5O3/c26-19-7-16(13-25(19)12-14-3-1-5-21-9-14)20(27)23-11-17-8-18(24-28-17)15-4-2-6-22-10-15/h1-6,8-10,16H,7,11-13H2,(H,23,27)/t16-/m0/s1. The Balaban J connectivity index is 1.31. The molecule has 0 spiro atoms. The molecule has 142 valence electrons. The van der Waals surface area contributed by atoms with Crippen molar-refractivity contribution in [1.29, 1.82) is 0 Å². The molecular weight excluding hydrogens is 358 g/mol. The summed E-state index contributed by atoms with van der Waals surface area (Å²) in [7, 11) is 0. The van der Waals surface area contributed by atoms with E-state index < -0.39 is 0 Å². The zero-order valence-electron chi connectivity index (χ0n) is 15.1. The number of likely N-dealkylation sites (tertiary alicyclic amines) is 1.